The normalized spacial score (nSPS) is 19.7. The highest BCUT2D eigenvalue weighted by Gasteiger charge is 2.31. The fourth-order valence-corrected chi connectivity index (χ4v) is 4.88. The largest absolute Gasteiger partial charge is 0.356 e. The SMILES string of the molecule is CC(NC(=O)c1ccc(N(C)C2CCS(=O)(=O)C2)nc1)c1ccccc1. The minimum absolute atomic E-state index is 0.0646. The van der Waals surface area contributed by atoms with Crippen LogP contribution in [0.25, 0.3) is 0 Å². The van der Waals surface area contributed by atoms with Gasteiger partial charge < -0.3 is 10.2 Å². The molecule has 2 aromatic rings. The predicted octanol–water partition coefficient (Wildman–Crippen LogP) is 2.20. The Hall–Kier alpha value is -2.41. The molecule has 0 bridgehead atoms. The lowest BCUT2D eigenvalue weighted by Crippen LogP contribution is -2.33. The van der Waals surface area contributed by atoms with Crippen molar-refractivity contribution < 1.29 is 13.2 Å². The highest BCUT2D eigenvalue weighted by Crippen LogP contribution is 2.21. The van der Waals surface area contributed by atoms with Crippen molar-refractivity contribution in [1.29, 1.82) is 0 Å². The summed E-state index contributed by atoms with van der Waals surface area (Å²) in [5.41, 5.74) is 1.51. The first-order valence-electron chi connectivity index (χ1n) is 8.61. The fraction of sp³-hybridized carbons (Fsp3) is 0.368. The molecule has 1 amide bonds. The molecule has 0 radical (unpaired) electrons. The number of pyridine rings is 1. The van der Waals surface area contributed by atoms with E-state index in [1.165, 1.54) is 6.20 Å². The van der Waals surface area contributed by atoms with Crippen LogP contribution in [0, 0.1) is 0 Å². The number of carbonyl (C=O) groups excluding carboxylic acids is 1. The molecule has 2 heterocycles. The van der Waals surface area contributed by atoms with E-state index in [1.807, 2.05) is 49.2 Å². The van der Waals surface area contributed by atoms with Gasteiger partial charge >= 0.3 is 0 Å². The van der Waals surface area contributed by atoms with Crippen LogP contribution in [0.3, 0.4) is 0 Å². The van der Waals surface area contributed by atoms with E-state index in [4.69, 9.17) is 0 Å². The summed E-state index contributed by atoms with van der Waals surface area (Å²) >= 11 is 0. The van der Waals surface area contributed by atoms with E-state index in [-0.39, 0.29) is 29.5 Å². The highest BCUT2D eigenvalue weighted by molar-refractivity contribution is 7.91. The van der Waals surface area contributed by atoms with Gasteiger partial charge in [0.15, 0.2) is 9.84 Å². The Bertz CT molecular complexity index is 867. The molecule has 1 aliphatic rings. The average Bonchev–Trinajstić information content (AvgIpc) is 3.01. The minimum Gasteiger partial charge on any atom is -0.356 e. The van der Waals surface area contributed by atoms with Crippen molar-refractivity contribution in [1.82, 2.24) is 10.3 Å². The van der Waals surface area contributed by atoms with Crippen molar-refractivity contribution in [3.63, 3.8) is 0 Å². The molecule has 1 N–H and O–H groups in total. The molecular weight excluding hydrogens is 350 g/mol. The highest BCUT2D eigenvalue weighted by atomic mass is 32.2. The Morgan fingerprint density at radius 1 is 1.23 bits per heavy atom. The summed E-state index contributed by atoms with van der Waals surface area (Å²) in [6.07, 6.45) is 2.14. The third-order valence-corrected chi connectivity index (χ3v) is 6.53. The summed E-state index contributed by atoms with van der Waals surface area (Å²) < 4.78 is 23.3. The van der Waals surface area contributed by atoms with E-state index in [9.17, 15) is 13.2 Å². The van der Waals surface area contributed by atoms with E-state index >= 15 is 0 Å². The number of sulfone groups is 1. The third-order valence-electron chi connectivity index (χ3n) is 4.77. The molecule has 2 unspecified atom stereocenters. The first-order valence-corrected chi connectivity index (χ1v) is 10.4. The lowest BCUT2D eigenvalue weighted by molar-refractivity contribution is 0.0939. The van der Waals surface area contributed by atoms with Crippen LogP contribution < -0.4 is 10.2 Å². The van der Waals surface area contributed by atoms with Gasteiger partial charge in [-0.25, -0.2) is 13.4 Å². The van der Waals surface area contributed by atoms with Gasteiger partial charge in [0, 0.05) is 19.3 Å². The van der Waals surface area contributed by atoms with Crippen LogP contribution in [-0.4, -0.2) is 43.9 Å². The monoisotopic (exact) mass is 373 g/mol. The number of anilines is 1. The molecular formula is C19H23N3O3S. The van der Waals surface area contributed by atoms with E-state index in [0.717, 1.165) is 5.56 Å². The summed E-state index contributed by atoms with van der Waals surface area (Å²) in [5, 5.41) is 2.96. The Kier molecular flexibility index (Phi) is 5.27. The average molecular weight is 373 g/mol. The smallest absolute Gasteiger partial charge is 0.253 e. The molecule has 1 aromatic heterocycles. The second kappa shape index (κ2) is 7.45. The van der Waals surface area contributed by atoms with Crippen LogP contribution in [0.15, 0.2) is 48.7 Å². The molecule has 0 aliphatic carbocycles. The number of hydrogen-bond donors (Lipinski definition) is 1. The lowest BCUT2D eigenvalue weighted by atomic mass is 10.1. The van der Waals surface area contributed by atoms with E-state index in [2.05, 4.69) is 10.3 Å². The zero-order valence-electron chi connectivity index (χ0n) is 14.9. The number of rotatable bonds is 5. The number of aromatic nitrogens is 1. The van der Waals surface area contributed by atoms with Gasteiger partial charge in [0.2, 0.25) is 0 Å². The van der Waals surface area contributed by atoms with Gasteiger partial charge in [-0.05, 0) is 31.0 Å². The molecule has 0 saturated carbocycles. The molecule has 1 aliphatic heterocycles. The summed E-state index contributed by atoms with van der Waals surface area (Å²) in [7, 11) is -1.11. The van der Waals surface area contributed by atoms with Gasteiger partial charge in [-0.3, -0.25) is 4.79 Å². The first-order chi connectivity index (χ1) is 12.4. The summed E-state index contributed by atoms with van der Waals surface area (Å²) in [5.74, 6) is 0.855. The van der Waals surface area contributed by atoms with Crippen molar-refractivity contribution in [2.45, 2.75) is 25.4 Å². The van der Waals surface area contributed by atoms with Gasteiger partial charge in [0.25, 0.3) is 5.91 Å². The van der Waals surface area contributed by atoms with Gasteiger partial charge in [-0.15, -0.1) is 0 Å². The maximum Gasteiger partial charge on any atom is 0.253 e. The second-order valence-electron chi connectivity index (χ2n) is 6.68. The van der Waals surface area contributed by atoms with Crippen LogP contribution in [0.5, 0.6) is 0 Å². The summed E-state index contributed by atoms with van der Waals surface area (Å²) in [6.45, 7) is 1.93. The molecule has 3 rings (SSSR count). The molecule has 1 aromatic carbocycles. The Morgan fingerprint density at radius 2 is 1.96 bits per heavy atom. The number of carbonyl (C=O) groups is 1. The maximum atomic E-state index is 12.4. The standard InChI is InChI=1S/C19H23N3O3S/c1-14(15-6-4-3-5-7-15)21-19(23)16-8-9-18(20-12-16)22(2)17-10-11-26(24,25)13-17/h3-9,12,14,17H,10-11,13H2,1-2H3,(H,21,23). The minimum atomic E-state index is -2.94. The summed E-state index contributed by atoms with van der Waals surface area (Å²) in [6, 6.07) is 13.1. The molecule has 1 saturated heterocycles. The first kappa shape index (κ1) is 18.4. The number of nitrogens with zero attached hydrogens (tertiary/aromatic N) is 2. The van der Waals surface area contributed by atoms with Crippen LogP contribution >= 0.6 is 0 Å². The van der Waals surface area contributed by atoms with Crippen molar-refractivity contribution in [2.75, 3.05) is 23.5 Å². The van der Waals surface area contributed by atoms with Gasteiger partial charge in [0.05, 0.1) is 23.1 Å². The zero-order chi connectivity index (χ0) is 18.7. The second-order valence-corrected chi connectivity index (χ2v) is 8.91. The third kappa shape index (κ3) is 4.22. The van der Waals surface area contributed by atoms with Crippen LogP contribution in [0.1, 0.15) is 35.3 Å². The Balaban J connectivity index is 1.64. The lowest BCUT2D eigenvalue weighted by Gasteiger charge is -2.24. The molecule has 7 heteroatoms. The molecule has 1 fully saturated rings. The van der Waals surface area contributed by atoms with Crippen molar-refractivity contribution in [2.24, 2.45) is 0 Å². The number of benzene rings is 1. The predicted molar refractivity (Wildman–Crippen MR) is 102 cm³/mol. The Morgan fingerprint density at radius 3 is 2.54 bits per heavy atom. The van der Waals surface area contributed by atoms with Crippen LogP contribution in [0.2, 0.25) is 0 Å². The quantitative estimate of drug-likeness (QED) is 0.869. The Labute approximate surface area is 154 Å². The van der Waals surface area contributed by atoms with Crippen LogP contribution in [-0.2, 0) is 9.84 Å². The molecule has 6 nitrogen and oxygen atoms in total. The van der Waals surface area contributed by atoms with Gasteiger partial charge in [-0.1, -0.05) is 30.3 Å². The number of nitrogens with one attached hydrogen (secondary N) is 1. The van der Waals surface area contributed by atoms with Gasteiger partial charge in [-0.2, -0.15) is 0 Å². The summed E-state index contributed by atoms with van der Waals surface area (Å²) in [4.78, 5) is 18.6. The number of amides is 1. The maximum absolute atomic E-state index is 12.4. The van der Waals surface area contributed by atoms with Crippen LogP contribution in [0.4, 0.5) is 5.82 Å². The molecule has 26 heavy (non-hydrogen) atoms. The van der Waals surface area contributed by atoms with Gasteiger partial charge in [0.1, 0.15) is 5.82 Å². The van der Waals surface area contributed by atoms with Crippen molar-refractivity contribution in [3.05, 3.63) is 59.8 Å². The molecule has 0 spiro atoms. The molecule has 2 atom stereocenters. The van der Waals surface area contributed by atoms with Crippen molar-refractivity contribution >= 4 is 21.6 Å². The van der Waals surface area contributed by atoms with E-state index in [1.54, 1.807) is 12.1 Å². The van der Waals surface area contributed by atoms with E-state index in [0.29, 0.717) is 17.8 Å². The number of hydrogen-bond acceptors (Lipinski definition) is 5. The fourth-order valence-electron chi connectivity index (χ4n) is 3.10. The molecule has 138 valence electrons. The van der Waals surface area contributed by atoms with Crippen molar-refractivity contribution in [3.8, 4) is 0 Å². The topological polar surface area (TPSA) is 79.4 Å². The zero-order valence-corrected chi connectivity index (χ0v) is 15.7. The van der Waals surface area contributed by atoms with E-state index < -0.39 is 9.84 Å².